The van der Waals surface area contributed by atoms with Crippen LogP contribution in [0, 0.1) is 13.8 Å². The quantitative estimate of drug-likeness (QED) is 0.0313. The summed E-state index contributed by atoms with van der Waals surface area (Å²) in [6.07, 6.45) is 4.30. The number of phenolic OH excluding ortho intramolecular Hbond substituents is 1. The van der Waals surface area contributed by atoms with Crippen LogP contribution in [0.4, 0.5) is 0 Å². The van der Waals surface area contributed by atoms with Gasteiger partial charge < -0.3 is 62.8 Å². The molecule has 100 heavy (non-hydrogen) atoms. The first-order chi connectivity index (χ1) is 47.6. The van der Waals surface area contributed by atoms with E-state index >= 15 is 0 Å². The number of hydrogen-bond acceptors (Lipinski definition) is 16. The summed E-state index contributed by atoms with van der Waals surface area (Å²) in [6.45, 7) is 8.39. The van der Waals surface area contributed by atoms with Crippen molar-refractivity contribution >= 4 is 61.6 Å². The zero-order valence-electron chi connectivity index (χ0n) is 56.8. The lowest BCUT2D eigenvalue weighted by atomic mass is 9.99. The molecule has 3 aliphatic heterocycles. The van der Waals surface area contributed by atoms with Crippen molar-refractivity contribution < 1.29 is 74.5 Å². The average Bonchev–Trinajstić information content (AvgIpc) is 1.60. The molecule has 6 aromatic rings. The van der Waals surface area contributed by atoms with E-state index < -0.39 is 110 Å². The highest BCUT2D eigenvalue weighted by Crippen LogP contribution is 2.28. The van der Waals surface area contributed by atoms with Crippen LogP contribution in [-0.4, -0.2) is 168 Å². The second-order valence-electron chi connectivity index (χ2n) is 25.3. The molecule has 27 heteroatoms. The van der Waals surface area contributed by atoms with Gasteiger partial charge in [-0.1, -0.05) is 116 Å². The van der Waals surface area contributed by atoms with Crippen molar-refractivity contribution in [1.82, 2.24) is 36.4 Å². The molecular weight excluding hydrogens is 1320 g/mol. The number of hydrogen-bond donors (Lipinski definition) is 11. The highest BCUT2D eigenvalue weighted by Gasteiger charge is 2.44. The van der Waals surface area contributed by atoms with Crippen molar-refractivity contribution in [1.29, 1.82) is 0 Å². The molecule has 0 aromatic heterocycles. The molecule has 0 spiro atoms. The van der Waals surface area contributed by atoms with Crippen LogP contribution in [0.15, 0.2) is 155 Å². The van der Waals surface area contributed by atoms with Crippen molar-refractivity contribution in [2.75, 3.05) is 32.8 Å². The van der Waals surface area contributed by atoms with Gasteiger partial charge in [0.15, 0.2) is 0 Å². The first-order valence-corrected chi connectivity index (χ1v) is 36.6. The molecule has 538 valence electrons. The molecule has 3 saturated heterocycles. The van der Waals surface area contributed by atoms with Gasteiger partial charge >= 0.3 is 0 Å². The van der Waals surface area contributed by atoms with Crippen molar-refractivity contribution in [2.45, 2.75) is 169 Å². The van der Waals surface area contributed by atoms with Crippen molar-refractivity contribution in [3.63, 3.8) is 0 Å². The summed E-state index contributed by atoms with van der Waals surface area (Å²) >= 11 is 0. The highest BCUT2D eigenvalue weighted by atomic mass is 32.2. The Kier molecular flexibility index (Phi) is 29.2. The zero-order valence-corrected chi connectivity index (χ0v) is 58.4. The Balaban J connectivity index is 0.000000539. The molecule has 6 aromatic carbocycles. The van der Waals surface area contributed by atoms with E-state index in [-0.39, 0.29) is 85.7 Å². The molecule has 0 aliphatic carbocycles. The number of nitrogens with two attached hydrogens (primary N) is 2. The molecule has 3 fully saturated rings. The second-order valence-corrected chi connectivity index (χ2v) is 28.1. The van der Waals surface area contributed by atoms with Crippen LogP contribution in [-0.2, 0) is 55.4 Å². The molecule has 0 saturated carbocycles. The monoisotopic (exact) mass is 1420 g/mol. The Morgan fingerprint density at radius 1 is 0.620 bits per heavy atom. The molecular formula is C73H93N9O16S2. The lowest BCUT2D eigenvalue weighted by Crippen LogP contribution is -2.61. The van der Waals surface area contributed by atoms with E-state index in [1.54, 1.807) is 60.7 Å². The molecule has 0 unspecified atom stereocenters. The van der Waals surface area contributed by atoms with Crippen LogP contribution in [0.25, 0.3) is 22.3 Å². The number of fused-ring (bicyclic) bond motifs is 2. The number of aliphatic hydroxyl groups excluding tert-OH is 1. The summed E-state index contributed by atoms with van der Waals surface area (Å²) in [5, 5.41) is 35.0. The van der Waals surface area contributed by atoms with Crippen LogP contribution in [0.3, 0.4) is 0 Å². The van der Waals surface area contributed by atoms with Gasteiger partial charge in [0, 0.05) is 31.2 Å². The Morgan fingerprint density at radius 3 is 1.71 bits per heavy atom. The third kappa shape index (κ3) is 23.3. The largest absolute Gasteiger partial charge is 0.508 e. The Bertz CT molecular complexity index is 3870. The number of amides is 7. The van der Waals surface area contributed by atoms with Crippen LogP contribution in [0.1, 0.15) is 118 Å². The molecule has 8 atom stereocenters. The molecule has 13 N–H and O–H groups in total. The van der Waals surface area contributed by atoms with E-state index in [1.165, 1.54) is 53.1 Å². The van der Waals surface area contributed by atoms with Crippen molar-refractivity contribution in [3.8, 4) is 33.8 Å². The standard InChI is InChI=1S/C59H77N9O10.2C7H8O3S/c1-3-4-7-34-78-46-28-24-42(25-29-46)40-18-16-39(17-19-40)41-20-22-43(23-21-41)53(71)63-47-11-8-32-62-56(74)51-35-44(61)36-68(51)58(76)49(10-5-6-31-60)65-54(72)48(30-15-38-13-26-45(70)27-14-38)64-57(75)50-12-9-33-67(50)59(77)52(37(2)69)66-55(47)73;2*1-6-2-4-7(5-3-6)11(8,9)10/h13-14,16-29,37,44,47-52,69-70H,3-12,15,30-36,60-61H2,1-2H3,(H,62,74)(H,63,71)(H,64,75)(H,65,72)(H,66,73);2*2-5H,1H3,(H,8,9,10)/t37-,44+,47+,48+,49+,50+,51+,52+;;/m1../s1. The predicted molar refractivity (Wildman–Crippen MR) is 377 cm³/mol. The minimum absolute atomic E-state index is 0.0138. The van der Waals surface area contributed by atoms with E-state index in [0.29, 0.717) is 32.4 Å². The summed E-state index contributed by atoms with van der Waals surface area (Å²) in [4.78, 5) is 103. The smallest absolute Gasteiger partial charge is 0.294 e. The van der Waals surface area contributed by atoms with E-state index in [1.807, 2.05) is 62.4 Å². The minimum Gasteiger partial charge on any atom is -0.508 e. The van der Waals surface area contributed by atoms with Gasteiger partial charge in [0.05, 0.1) is 22.5 Å². The SMILES string of the molecule is CCCCCOc1ccc(-c2ccc(-c3ccc(C(=O)N[C@H]4CCCNC(=O)[C@@H]5C[C@H](N)CN5C(=O)[C@H](CCCCN)NC(=O)[C@H](CCc5ccc(O)cc5)NC(=O)[C@@H]5CCCN5C(=O)[C@H]([C@@H](C)O)NC4=O)cc3)cc2)cc1.Cc1ccc(S(=O)(=O)O)cc1.Cc1ccc(S(=O)(=O)O)cc1. The van der Waals surface area contributed by atoms with Gasteiger partial charge in [0.25, 0.3) is 26.1 Å². The first-order valence-electron chi connectivity index (χ1n) is 33.7. The molecule has 0 radical (unpaired) electrons. The number of benzene rings is 6. The Labute approximate surface area is 584 Å². The maximum atomic E-state index is 14.5. The van der Waals surface area contributed by atoms with Crippen molar-refractivity contribution in [3.05, 3.63) is 168 Å². The normalized spacial score (nSPS) is 20.6. The van der Waals surface area contributed by atoms with Crippen LogP contribution < -0.4 is 42.8 Å². The number of unbranched alkanes of at least 4 members (excludes halogenated alkanes) is 3. The number of phenols is 1. The predicted octanol–water partition coefficient (Wildman–Crippen LogP) is 6.30. The number of ether oxygens (including phenoxy) is 1. The van der Waals surface area contributed by atoms with Gasteiger partial charge in [-0.15, -0.1) is 0 Å². The number of nitrogens with zero attached hydrogens (tertiary/aromatic N) is 2. The Hall–Kier alpha value is -9.09. The van der Waals surface area contributed by atoms with Gasteiger partial charge in [-0.2, -0.15) is 16.8 Å². The number of rotatable bonds is 19. The first kappa shape index (κ1) is 78.3. The van der Waals surface area contributed by atoms with E-state index in [0.717, 1.165) is 64.0 Å². The summed E-state index contributed by atoms with van der Waals surface area (Å²) in [5.74, 6) is -3.55. The third-order valence-electron chi connectivity index (χ3n) is 17.5. The lowest BCUT2D eigenvalue weighted by Gasteiger charge is -2.32. The minimum atomic E-state index is -4.02. The van der Waals surface area contributed by atoms with Crippen LogP contribution in [0.5, 0.6) is 11.5 Å². The summed E-state index contributed by atoms with van der Waals surface area (Å²) in [7, 11) is -8.04. The number of carbonyl (C=O) groups excluding carboxylic acids is 7. The van der Waals surface area contributed by atoms with Gasteiger partial charge in [-0.3, -0.25) is 42.7 Å². The maximum Gasteiger partial charge on any atom is 0.294 e. The van der Waals surface area contributed by atoms with Gasteiger partial charge in [-0.25, -0.2) is 0 Å². The van der Waals surface area contributed by atoms with E-state index in [2.05, 4.69) is 33.5 Å². The molecule has 7 amide bonds. The molecule has 3 heterocycles. The number of nitrogens with one attached hydrogen (secondary N) is 5. The third-order valence-corrected chi connectivity index (χ3v) is 19.2. The van der Waals surface area contributed by atoms with Crippen molar-refractivity contribution in [2.24, 2.45) is 11.5 Å². The summed E-state index contributed by atoms with van der Waals surface area (Å²) in [6, 6.07) is 33.6. The molecule has 3 aliphatic rings. The van der Waals surface area contributed by atoms with Gasteiger partial charge in [0.2, 0.25) is 35.4 Å². The number of aliphatic hydroxyl groups is 1. The van der Waals surface area contributed by atoms with Gasteiger partial charge in [0.1, 0.15) is 47.8 Å². The number of carbonyl (C=O) groups is 7. The summed E-state index contributed by atoms with van der Waals surface area (Å²) in [5.41, 5.74) is 19.0. The van der Waals surface area contributed by atoms with E-state index in [9.17, 15) is 60.6 Å². The maximum absolute atomic E-state index is 14.5. The number of aryl methyl sites for hydroxylation is 3. The fourth-order valence-electron chi connectivity index (χ4n) is 11.7. The highest BCUT2D eigenvalue weighted by molar-refractivity contribution is 7.86. The molecule has 9 rings (SSSR count). The van der Waals surface area contributed by atoms with Crippen LogP contribution in [0.2, 0.25) is 0 Å². The van der Waals surface area contributed by atoms with Crippen LogP contribution >= 0.6 is 0 Å². The number of aromatic hydroxyl groups is 1. The molecule has 0 bridgehead atoms. The topological polar surface area (TPSA) is 397 Å². The second kappa shape index (κ2) is 37.4. The fraction of sp³-hybridized carbons (Fsp3) is 0.411. The Morgan fingerprint density at radius 2 is 1.17 bits per heavy atom. The summed E-state index contributed by atoms with van der Waals surface area (Å²) < 4.78 is 65.0. The fourth-order valence-corrected chi connectivity index (χ4v) is 12.7. The average molecular weight is 1420 g/mol. The molecule has 25 nitrogen and oxygen atoms in total. The zero-order chi connectivity index (χ0) is 72.7. The lowest BCUT2D eigenvalue weighted by molar-refractivity contribution is -0.144. The van der Waals surface area contributed by atoms with Gasteiger partial charge in [-0.05, 0) is 186 Å². The van der Waals surface area contributed by atoms with E-state index in [4.69, 9.17) is 25.3 Å².